The summed E-state index contributed by atoms with van der Waals surface area (Å²) in [5.74, 6) is 6.81. The van der Waals surface area contributed by atoms with Crippen LogP contribution in [0.15, 0.2) is 22.7 Å². The maximum Gasteiger partial charge on any atom is 0.123 e. The zero-order valence-electron chi connectivity index (χ0n) is 11.3. The minimum absolute atomic E-state index is 0.0272. The van der Waals surface area contributed by atoms with Crippen molar-refractivity contribution in [2.75, 3.05) is 0 Å². The third-order valence-corrected chi connectivity index (χ3v) is 5.07. The zero-order chi connectivity index (χ0) is 13.8. The molecule has 3 unspecified atom stereocenters. The molecule has 4 heteroatoms. The van der Waals surface area contributed by atoms with Gasteiger partial charge in [-0.2, -0.15) is 0 Å². The van der Waals surface area contributed by atoms with Crippen LogP contribution in [0.5, 0.6) is 0 Å². The van der Waals surface area contributed by atoms with Crippen molar-refractivity contribution in [1.82, 2.24) is 5.43 Å². The predicted molar refractivity (Wildman–Crippen MR) is 79.9 cm³/mol. The first-order valence-electron chi connectivity index (χ1n) is 7.06. The topological polar surface area (TPSA) is 38.0 Å². The van der Waals surface area contributed by atoms with Crippen LogP contribution in [0.25, 0.3) is 0 Å². The Morgan fingerprint density at radius 1 is 1.47 bits per heavy atom. The van der Waals surface area contributed by atoms with Crippen LogP contribution < -0.4 is 11.3 Å². The molecule has 1 saturated carbocycles. The van der Waals surface area contributed by atoms with Gasteiger partial charge in [-0.1, -0.05) is 42.1 Å². The van der Waals surface area contributed by atoms with Gasteiger partial charge in [0.2, 0.25) is 0 Å². The predicted octanol–water partition coefficient (Wildman–Crippen LogP) is 4.31. The summed E-state index contributed by atoms with van der Waals surface area (Å²) in [6, 6.07) is 4.84. The number of hydrogen-bond donors (Lipinski definition) is 2. The fraction of sp³-hybridized carbons (Fsp3) is 0.600. The molecule has 1 fully saturated rings. The molecule has 2 rings (SSSR count). The summed E-state index contributed by atoms with van der Waals surface area (Å²) in [5, 5.41) is 0. The number of halogens is 2. The third-order valence-electron chi connectivity index (χ3n) is 4.34. The highest BCUT2D eigenvalue weighted by Crippen LogP contribution is 2.40. The van der Waals surface area contributed by atoms with Crippen molar-refractivity contribution >= 4 is 15.9 Å². The summed E-state index contributed by atoms with van der Waals surface area (Å²) in [6.07, 6.45) is 6.11. The Bertz CT molecular complexity index is 425. The number of rotatable bonds is 4. The van der Waals surface area contributed by atoms with Crippen molar-refractivity contribution in [3.05, 3.63) is 34.1 Å². The molecule has 0 amide bonds. The minimum atomic E-state index is -0.207. The van der Waals surface area contributed by atoms with Crippen LogP contribution >= 0.6 is 15.9 Å². The summed E-state index contributed by atoms with van der Waals surface area (Å²) >= 11 is 3.51. The van der Waals surface area contributed by atoms with Gasteiger partial charge >= 0.3 is 0 Å². The molecule has 1 aliphatic rings. The normalized spacial score (nSPS) is 25.3. The van der Waals surface area contributed by atoms with E-state index < -0.39 is 0 Å². The number of hydrazine groups is 1. The molecule has 1 aromatic carbocycles. The van der Waals surface area contributed by atoms with Gasteiger partial charge in [0.25, 0.3) is 0 Å². The zero-order valence-corrected chi connectivity index (χ0v) is 12.9. The maximum atomic E-state index is 13.5. The van der Waals surface area contributed by atoms with Crippen LogP contribution in [0.3, 0.4) is 0 Å². The lowest BCUT2D eigenvalue weighted by atomic mass is 9.75. The lowest BCUT2D eigenvalue weighted by Crippen LogP contribution is -2.36. The van der Waals surface area contributed by atoms with Crippen molar-refractivity contribution in [3.63, 3.8) is 0 Å². The highest BCUT2D eigenvalue weighted by Gasteiger charge is 2.29. The van der Waals surface area contributed by atoms with Crippen molar-refractivity contribution in [1.29, 1.82) is 0 Å². The molecule has 0 aromatic heterocycles. The molecule has 0 spiro atoms. The molecule has 0 radical (unpaired) electrons. The van der Waals surface area contributed by atoms with Crippen molar-refractivity contribution < 1.29 is 4.39 Å². The summed E-state index contributed by atoms with van der Waals surface area (Å²) < 4.78 is 14.4. The van der Waals surface area contributed by atoms with Gasteiger partial charge in [0.15, 0.2) is 0 Å². The molecule has 3 N–H and O–H groups in total. The average molecular weight is 329 g/mol. The molecule has 106 valence electrons. The van der Waals surface area contributed by atoms with E-state index in [4.69, 9.17) is 5.84 Å². The first-order valence-corrected chi connectivity index (χ1v) is 7.86. The van der Waals surface area contributed by atoms with E-state index in [9.17, 15) is 4.39 Å². The molecule has 2 nitrogen and oxygen atoms in total. The second kappa shape index (κ2) is 6.82. The largest absolute Gasteiger partial charge is 0.271 e. The van der Waals surface area contributed by atoms with Crippen molar-refractivity contribution in [3.8, 4) is 0 Å². The number of nitrogens with two attached hydrogens (primary N) is 1. The molecule has 19 heavy (non-hydrogen) atoms. The Kier molecular flexibility index (Phi) is 5.37. The van der Waals surface area contributed by atoms with E-state index in [1.807, 2.05) is 0 Å². The second-order valence-electron chi connectivity index (χ2n) is 5.51. The molecule has 0 aliphatic heterocycles. The summed E-state index contributed by atoms with van der Waals surface area (Å²) in [5.41, 5.74) is 3.84. The van der Waals surface area contributed by atoms with E-state index in [0.29, 0.717) is 5.92 Å². The van der Waals surface area contributed by atoms with Crippen LogP contribution in [0.4, 0.5) is 4.39 Å². The molecule has 1 aliphatic carbocycles. The minimum Gasteiger partial charge on any atom is -0.271 e. The van der Waals surface area contributed by atoms with Gasteiger partial charge in [0, 0.05) is 10.5 Å². The van der Waals surface area contributed by atoms with E-state index >= 15 is 0 Å². The summed E-state index contributed by atoms with van der Waals surface area (Å²) in [4.78, 5) is 0. The van der Waals surface area contributed by atoms with E-state index in [-0.39, 0.29) is 11.9 Å². The lowest BCUT2D eigenvalue weighted by molar-refractivity contribution is 0.209. The standard InChI is InChI=1S/C15H22BrFN2/c1-2-10-4-3-5-11(8-10)15(19-18)13-9-12(17)6-7-14(13)16/h6-7,9-11,15,19H,2-5,8,18H2,1H3. The molecule has 3 atom stereocenters. The Morgan fingerprint density at radius 2 is 2.26 bits per heavy atom. The van der Waals surface area contributed by atoms with Crippen molar-refractivity contribution in [2.45, 2.75) is 45.1 Å². The molecular weight excluding hydrogens is 307 g/mol. The highest BCUT2D eigenvalue weighted by molar-refractivity contribution is 9.10. The van der Waals surface area contributed by atoms with E-state index in [0.717, 1.165) is 22.4 Å². The highest BCUT2D eigenvalue weighted by atomic mass is 79.9. The lowest BCUT2D eigenvalue weighted by Gasteiger charge is -2.34. The molecular formula is C15H22BrFN2. The van der Waals surface area contributed by atoms with Gasteiger partial charge in [-0.3, -0.25) is 11.3 Å². The van der Waals surface area contributed by atoms with E-state index in [1.165, 1.54) is 31.7 Å². The molecule has 0 bridgehead atoms. The van der Waals surface area contributed by atoms with Crippen LogP contribution in [-0.4, -0.2) is 0 Å². The summed E-state index contributed by atoms with van der Waals surface area (Å²) in [6.45, 7) is 2.25. The van der Waals surface area contributed by atoms with Gasteiger partial charge in [0.1, 0.15) is 5.82 Å². The third kappa shape index (κ3) is 3.56. The Morgan fingerprint density at radius 3 is 2.95 bits per heavy atom. The Balaban J connectivity index is 2.21. The fourth-order valence-corrected chi connectivity index (χ4v) is 3.73. The van der Waals surface area contributed by atoms with Gasteiger partial charge in [0.05, 0.1) is 0 Å². The number of benzene rings is 1. The van der Waals surface area contributed by atoms with Crippen LogP contribution in [-0.2, 0) is 0 Å². The van der Waals surface area contributed by atoms with Crippen molar-refractivity contribution in [2.24, 2.45) is 17.7 Å². The van der Waals surface area contributed by atoms with Crippen LogP contribution in [0.1, 0.15) is 50.6 Å². The van der Waals surface area contributed by atoms with Gasteiger partial charge in [-0.05, 0) is 48.4 Å². The van der Waals surface area contributed by atoms with E-state index in [1.54, 1.807) is 12.1 Å². The maximum absolute atomic E-state index is 13.5. The van der Waals surface area contributed by atoms with Gasteiger partial charge < -0.3 is 0 Å². The fourth-order valence-electron chi connectivity index (χ4n) is 3.24. The molecule has 1 aromatic rings. The second-order valence-corrected chi connectivity index (χ2v) is 6.37. The Labute approximate surface area is 123 Å². The average Bonchev–Trinajstić information content (AvgIpc) is 2.44. The first kappa shape index (κ1) is 14.9. The van der Waals surface area contributed by atoms with Gasteiger partial charge in [-0.25, -0.2) is 4.39 Å². The van der Waals surface area contributed by atoms with Crippen LogP contribution in [0.2, 0.25) is 0 Å². The number of nitrogens with one attached hydrogen (secondary N) is 1. The van der Waals surface area contributed by atoms with Gasteiger partial charge in [-0.15, -0.1) is 0 Å². The summed E-state index contributed by atoms with van der Waals surface area (Å²) in [7, 11) is 0. The Hall–Kier alpha value is -0.450. The monoisotopic (exact) mass is 328 g/mol. The number of hydrogen-bond acceptors (Lipinski definition) is 2. The smallest absolute Gasteiger partial charge is 0.123 e. The molecule has 0 heterocycles. The SMILES string of the molecule is CCC1CCCC(C(NN)c2cc(F)ccc2Br)C1. The van der Waals surface area contributed by atoms with E-state index in [2.05, 4.69) is 28.3 Å². The first-order chi connectivity index (χ1) is 9.15. The van der Waals surface area contributed by atoms with Crippen LogP contribution in [0, 0.1) is 17.7 Å². The quantitative estimate of drug-likeness (QED) is 0.638. The molecule has 0 saturated heterocycles.